The zero-order valence-corrected chi connectivity index (χ0v) is 8.65. The number of anilines is 1. The molecule has 0 bridgehead atoms. The number of nitrogens with zero attached hydrogens (tertiary/aromatic N) is 1. The normalized spacial score (nSPS) is 22.2. The molecule has 70 valence electrons. The third kappa shape index (κ3) is 1.51. The molecule has 0 saturated heterocycles. The van der Waals surface area contributed by atoms with Gasteiger partial charge in [-0.1, -0.05) is 11.6 Å². The predicted octanol–water partition coefficient (Wildman–Crippen LogP) is 1.81. The number of likely N-dealkylation sites (N-methyl/N-ethyl adjacent to an activating group) is 1. The lowest BCUT2D eigenvalue weighted by Crippen LogP contribution is -2.31. The van der Waals surface area contributed by atoms with Crippen molar-refractivity contribution in [2.45, 2.75) is 5.50 Å². The van der Waals surface area contributed by atoms with Gasteiger partial charge in [0, 0.05) is 7.05 Å². The van der Waals surface area contributed by atoms with Crippen LogP contribution in [0.4, 0.5) is 5.69 Å². The van der Waals surface area contributed by atoms with Crippen LogP contribution in [0.3, 0.4) is 0 Å². The van der Waals surface area contributed by atoms with Gasteiger partial charge in [0.1, 0.15) is 10.4 Å². The van der Waals surface area contributed by atoms with Crippen molar-refractivity contribution in [2.24, 2.45) is 0 Å². The highest BCUT2D eigenvalue weighted by atomic mass is 35.5. The number of carbonyl (C=O) groups is 1. The number of alkyl halides is 1. The van der Waals surface area contributed by atoms with E-state index in [1.165, 1.54) is 11.3 Å². The minimum atomic E-state index is -0.204. The van der Waals surface area contributed by atoms with E-state index in [0.717, 1.165) is 10.6 Å². The lowest BCUT2D eigenvalue weighted by atomic mass is 10.4. The molecule has 0 saturated carbocycles. The molecular formula is C8H9ClN2OS. The number of carbonyl (C=O) groups excluding carboxylic acids is 1. The zero-order chi connectivity index (χ0) is 9.42. The first-order valence-electron chi connectivity index (χ1n) is 3.92. The summed E-state index contributed by atoms with van der Waals surface area (Å²) in [5, 5.41) is 4.96. The van der Waals surface area contributed by atoms with Gasteiger partial charge in [0.15, 0.2) is 0 Å². The monoisotopic (exact) mass is 216 g/mol. The Hall–Kier alpha value is -0.740. The van der Waals surface area contributed by atoms with Gasteiger partial charge >= 0.3 is 0 Å². The van der Waals surface area contributed by atoms with E-state index in [0.29, 0.717) is 6.54 Å². The molecule has 1 amide bonds. The first-order valence-corrected chi connectivity index (χ1v) is 5.23. The number of hydrogen-bond acceptors (Lipinski definition) is 3. The summed E-state index contributed by atoms with van der Waals surface area (Å²) in [5.41, 5.74) is 0.643. The Bertz CT molecular complexity index is 339. The van der Waals surface area contributed by atoms with E-state index in [9.17, 15) is 4.79 Å². The van der Waals surface area contributed by atoms with Crippen molar-refractivity contribution in [2.75, 3.05) is 18.9 Å². The van der Waals surface area contributed by atoms with Crippen LogP contribution in [0.2, 0.25) is 0 Å². The molecule has 1 atom stereocenters. The molecule has 1 aromatic heterocycles. The second-order valence-electron chi connectivity index (χ2n) is 2.96. The van der Waals surface area contributed by atoms with Crippen molar-refractivity contribution < 1.29 is 4.79 Å². The molecule has 2 rings (SSSR count). The summed E-state index contributed by atoms with van der Waals surface area (Å²) in [7, 11) is 1.76. The number of amides is 1. The predicted molar refractivity (Wildman–Crippen MR) is 54.5 cm³/mol. The molecule has 1 unspecified atom stereocenters. The Morgan fingerprint density at radius 2 is 2.54 bits per heavy atom. The van der Waals surface area contributed by atoms with Crippen LogP contribution in [-0.2, 0) is 0 Å². The second kappa shape index (κ2) is 3.20. The zero-order valence-electron chi connectivity index (χ0n) is 7.08. The van der Waals surface area contributed by atoms with E-state index in [4.69, 9.17) is 11.6 Å². The van der Waals surface area contributed by atoms with Gasteiger partial charge in [0.05, 0.1) is 12.2 Å². The third-order valence-electron chi connectivity index (χ3n) is 1.95. The van der Waals surface area contributed by atoms with Crippen molar-refractivity contribution in [3.8, 4) is 0 Å². The van der Waals surface area contributed by atoms with Crippen molar-refractivity contribution in [3.05, 3.63) is 16.3 Å². The minimum absolute atomic E-state index is 0.0423. The Morgan fingerprint density at radius 3 is 3.31 bits per heavy atom. The molecule has 0 aromatic carbocycles. The number of nitrogens with one attached hydrogen (secondary N) is 1. The maximum atomic E-state index is 11.7. The van der Waals surface area contributed by atoms with Crippen LogP contribution in [-0.4, -0.2) is 29.9 Å². The molecule has 0 spiro atoms. The first kappa shape index (κ1) is 8.84. The summed E-state index contributed by atoms with van der Waals surface area (Å²) < 4.78 is 0. The fraction of sp³-hybridized carbons (Fsp3) is 0.375. The number of halogens is 1. The SMILES string of the molecule is CN1CC(Cl)Nc2ccsc2C1=O. The summed E-state index contributed by atoms with van der Waals surface area (Å²) >= 11 is 7.41. The molecule has 0 radical (unpaired) electrons. The van der Waals surface area contributed by atoms with Gasteiger partial charge in [-0.15, -0.1) is 11.3 Å². The Morgan fingerprint density at radius 1 is 1.77 bits per heavy atom. The van der Waals surface area contributed by atoms with Gasteiger partial charge in [0.2, 0.25) is 0 Å². The molecule has 0 fully saturated rings. The molecule has 1 aromatic rings. The van der Waals surface area contributed by atoms with Crippen molar-refractivity contribution in [1.82, 2.24) is 4.90 Å². The largest absolute Gasteiger partial charge is 0.366 e. The molecule has 3 nitrogen and oxygen atoms in total. The van der Waals surface area contributed by atoms with Crippen molar-refractivity contribution in [1.29, 1.82) is 0 Å². The van der Waals surface area contributed by atoms with Crippen LogP contribution in [0.1, 0.15) is 9.67 Å². The summed E-state index contributed by atoms with van der Waals surface area (Å²) in [4.78, 5) is 14.1. The Labute approximate surface area is 85.3 Å². The van der Waals surface area contributed by atoms with Gasteiger partial charge in [-0.05, 0) is 11.4 Å². The fourth-order valence-corrected chi connectivity index (χ4v) is 2.47. The summed E-state index contributed by atoms with van der Waals surface area (Å²) in [6, 6.07) is 1.88. The number of hydrogen-bond donors (Lipinski definition) is 1. The maximum Gasteiger partial charge on any atom is 0.265 e. The van der Waals surface area contributed by atoms with Crippen LogP contribution in [0.15, 0.2) is 11.4 Å². The molecule has 5 heteroatoms. The lowest BCUT2D eigenvalue weighted by molar-refractivity contribution is 0.0807. The fourth-order valence-electron chi connectivity index (χ4n) is 1.30. The van der Waals surface area contributed by atoms with Crippen LogP contribution >= 0.6 is 22.9 Å². The first-order chi connectivity index (χ1) is 6.18. The highest BCUT2D eigenvalue weighted by Gasteiger charge is 2.24. The Balaban J connectivity index is 2.41. The topological polar surface area (TPSA) is 32.3 Å². The van der Waals surface area contributed by atoms with E-state index in [-0.39, 0.29) is 11.4 Å². The van der Waals surface area contributed by atoms with E-state index < -0.39 is 0 Å². The van der Waals surface area contributed by atoms with Crippen LogP contribution in [0.25, 0.3) is 0 Å². The molecule has 0 aliphatic carbocycles. The van der Waals surface area contributed by atoms with Gasteiger partial charge in [-0.3, -0.25) is 4.79 Å². The van der Waals surface area contributed by atoms with Gasteiger partial charge in [-0.25, -0.2) is 0 Å². The summed E-state index contributed by atoms with van der Waals surface area (Å²) in [5.74, 6) is 0.0423. The number of thiophene rings is 1. The molecule has 2 heterocycles. The van der Waals surface area contributed by atoms with E-state index in [1.54, 1.807) is 11.9 Å². The minimum Gasteiger partial charge on any atom is -0.366 e. The standard InChI is InChI=1S/C8H9ClN2OS/c1-11-4-6(9)10-5-2-3-13-7(5)8(11)12/h2-3,6,10H,4H2,1H3. The van der Waals surface area contributed by atoms with Crippen molar-refractivity contribution >= 4 is 34.5 Å². The summed E-state index contributed by atoms with van der Waals surface area (Å²) in [6.45, 7) is 0.530. The molecule has 1 aliphatic heterocycles. The molecule has 13 heavy (non-hydrogen) atoms. The van der Waals surface area contributed by atoms with E-state index in [1.807, 2.05) is 11.4 Å². The number of rotatable bonds is 0. The number of fused-ring (bicyclic) bond motifs is 1. The second-order valence-corrected chi connectivity index (χ2v) is 4.40. The van der Waals surface area contributed by atoms with Gasteiger partial charge < -0.3 is 10.2 Å². The van der Waals surface area contributed by atoms with Crippen LogP contribution < -0.4 is 5.32 Å². The van der Waals surface area contributed by atoms with Gasteiger partial charge in [0.25, 0.3) is 5.91 Å². The average Bonchev–Trinajstić information content (AvgIpc) is 2.47. The van der Waals surface area contributed by atoms with Gasteiger partial charge in [-0.2, -0.15) is 0 Å². The smallest absolute Gasteiger partial charge is 0.265 e. The maximum absolute atomic E-state index is 11.7. The summed E-state index contributed by atoms with van der Waals surface area (Å²) in [6.07, 6.45) is 0. The third-order valence-corrected chi connectivity index (χ3v) is 3.10. The highest BCUT2D eigenvalue weighted by Crippen LogP contribution is 2.27. The van der Waals surface area contributed by atoms with Crippen LogP contribution in [0, 0.1) is 0 Å². The average molecular weight is 217 g/mol. The molecule has 1 aliphatic rings. The molecular weight excluding hydrogens is 208 g/mol. The lowest BCUT2D eigenvalue weighted by Gasteiger charge is -2.15. The van der Waals surface area contributed by atoms with Crippen LogP contribution in [0.5, 0.6) is 0 Å². The van der Waals surface area contributed by atoms with E-state index >= 15 is 0 Å². The van der Waals surface area contributed by atoms with Crippen molar-refractivity contribution in [3.63, 3.8) is 0 Å². The van der Waals surface area contributed by atoms with E-state index in [2.05, 4.69) is 5.32 Å². The Kier molecular flexibility index (Phi) is 2.17. The molecule has 1 N–H and O–H groups in total. The quantitative estimate of drug-likeness (QED) is 0.530. The highest BCUT2D eigenvalue weighted by molar-refractivity contribution is 7.12.